The maximum absolute atomic E-state index is 11.6. The van der Waals surface area contributed by atoms with Gasteiger partial charge in [0.05, 0.1) is 16.7 Å². The lowest BCUT2D eigenvalue weighted by Gasteiger charge is -1.99. The Morgan fingerprint density at radius 1 is 1.41 bits per heavy atom. The maximum Gasteiger partial charge on any atom is 0.259 e. The lowest BCUT2D eigenvalue weighted by Crippen LogP contribution is -2.08. The van der Waals surface area contributed by atoms with Gasteiger partial charge in [-0.2, -0.15) is 0 Å². The summed E-state index contributed by atoms with van der Waals surface area (Å²) in [6.45, 7) is 4.00. The summed E-state index contributed by atoms with van der Waals surface area (Å²) in [5, 5.41) is 1.17. The van der Waals surface area contributed by atoms with Crippen LogP contribution in [0.3, 0.4) is 0 Å². The molecule has 0 aliphatic heterocycles. The van der Waals surface area contributed by atoms with Gasteiger partial charge in [-0.3, -0.25) is 4.79 Å². The first-order valence-corrected chi connectivity index (χ1v) is 6.35. The van der Waals surface area contributed by atoms with Gasteiger partial charge in [0, 0.05) is 0 Å². The first-order chi connectivity index (χ1) is 8.31. The molecule has 88 valence electrons. The number of hydrogen-bond acceptors (Lipinski definition) is 3. The second kappa shape index (κ2) is 6.77. The number of aromatic nitrogens is 2. The fraction of sp³-hybridized carbons (Fsp3) is 0.231. The molecule has 17 heavy (non-hydrogen) atoms. The minimum absolute atomic E-state index is 0.125. The summed E-state index contributed by atoms with van der Waals surface area (Å²) < 4.78 is 0. The minimum Gasteiger partial charge on any atom is -0.301 e. The molecule has 1 aromatic carbocycles. The zero-order valence-electron chi connectivity index (χ0n) is 9.86. The molecule has 0 aliphatic rings. The topological polar surface area (TPSA) is 45.8 Å². The van der Waals surface area contributed by atoms with Crippen molar-refractivity contribution in [3.8, 4) is 12.3 Å². The Bertz CT molecular complexity index is 584. The molecule has 0 bridgehead atoms. The number of thioether (sulfide) groups is 1. The van der Waals surface area contributed by atoms with Crippen molar-refractivity contribution >= 4 is 22.7 Å². The van der Waals surface area contributed by atoms with Crippen LogP contribution in [0.15, 0.2) is 34.2 Å². The Morgan fingerprint density at radius 3 is 2.82 bits per heavy atom. The summed E-state index contributed by atoms with van der Waals surface area (Å²) in [5.41, 5.74) is 0.570. The molecule has 0 fully saturated rings. The van der Waals surface area contributed by atoms with E-state index in [0.29, 0.717) is 21.8 Å². The van der Waals surface area contributed by atoms with Crippen molar-refractivity contribution in [2.24, 2.45) is 0 Å². The highest BCUT2D eigenvalue weighted by Crippen LogP contribution is 2.13. The first kappa shape index (κ1) is 13.3. The quantitative estimate of drug-likeness (QED) is 0.503. The molecule has 0 unspecified atom stereocenters. The zero-order chi connectivity index (χ0) is 12.7. The molecule has 0 saturated heterocycles. The van der Waals surface area contributed by atoms with Crippen LogP contribution in [0.25, 0.3) is 10.9 Å². The van der Waals surface area contributed by atoms with Crippen LogP contribution in [0.2, 0.25) is 0 Å². The van der Waals surface area contributed by atoms with Crippen molar-refractivity contribution in [3.05, 3.63) is 34.6 Å². The largest absolute Gasteiger partial charge is 0.301 e. The van der Waals surface area contributed by atoms with E-state index in [0.717, 1.165) is 0 Å². The van der Waals surface area contributed by atoms with E-state index in [9.17, 15) is 4.79 Å². The Kier molecular flexibility index (Phi) is 5.31. The molecule has 1 N–H and O–H groups in total. The van der Waals surface area contributed by atoms with Crippen LogP contribution in [0.4, 0.5) is 0 Å². The molecule has 0 radical (unpaired) electrons. The number of aromatic amines is 1. The van der Waals surface area contributed by atoms with Crippen molar-refractivity contribution in [1.29, 1.82) is 0 Å². The summed E-state index contributed by atoms with van der Waals surface area (Å²) in [4.78, 5) is 18.6. The number of rotatable bonds is 2. The summed E-state index contributed by atoms with van der Waals surface area (Å²) in [6.07, 6.45) is 5.14. The van der Waals surface area contributed by atoms with E-state index in [2.05, 4.69) is 15.9 Å². The van der Waals surface area contributed by atoms with E-state index in [4.69, 9.17) is 6.42 Å². The number of para-hydroxylation sites is 1. The molecule has 1 heterocycles. The number of nitrogens with one attached hydrogen (secondary N) is 1. The van der Waals surface area contributed by atoms with Crippen LogP contribution in [-0.4, -0.2) is 15.7 Å². The van der Waals surface area contributed by atoms with Crippen molar-refractivity contribution in [2.45, 2.75) is 19.0 Å². The number of fused-ring (bicyclic) bond motifs is 1. The average molecular weight is 246 g/mol. The highest BCUT2D eigenvalue weighted by atomic mass is 32.2. The number of terminal acetylenes is 1. The molecule has 3 nitrogen and oxygen atoms in total. The van der Waals surface area contributed by atoms with E-state index in [1.54, 1.807) is 6.07 Å². The summed E-state index contributed by atoms with van der Waals surface area (Å²) >= 11 is 1.35. The summed E-state index contributed by atoms with van der Waals surface area (Å²) in [5.74, 6) is 2.99. The fourth-order valence-corrected chi connectivity index (χ4v) is 1.79. The van der Waals surface area contributed by atoms with Crippen LogP contribution in [0.1, 0.15) is 13.8 Å². The minimum atomic E-state index is -0.125. The van der Waals surface area contributed by atoms with E-state index >= 15 is 0 Å². The number of nitrogens with zero attached hydrogens (tertiary/aromatic N) is 1. The van der Waals surface area contributed by atoms with Crippen LogP contribution < -0.4 is 5.56 Å². The summed E-state index contributed by atoms with van der Waals surface area (Å²) in [6, 6.07) is 7.22. The molecule has 2 rings (SSSR count). The van der Waals surface area contributed by atoms with Gasteiger partial charge in [-0.1, -0.05) is 43.7 Å². The molecule has 4 heteroatoms. The Morgan fingerprint density at radius 2 is 2.12 bits per heavy atom. The molecular formula is C13H14N2OS. The predicted molar refractivity (Wildman–Crippen MR) is 73.3 cm³/mol. The van der Waals surface area contributed by atoms with Gasteiger partial charge in [-0.25, -0.2) is 4.98 Å². The van der Waals surface area contributed by atoms with Gasteiger partial charge in [0.25, 0.3) is 5.56 Å². The second-order valence-electron chi connectivity index (χ2n) is 2.88. The molecule has 2 aromatic rings. The van der Waals surface area contributed by atoms with Crippen LogP contribution in [0, 0.1) is 12.3 Å². The Hall–Kier alpha value is -1.73. The molecule has 0 amide bonds. The van der Waals surface area contributed by atoms with Gasteiger partial charge in [0.2, 0.25) is 0 Å². The monoisotopic (exact) mass is 246 g/mol. The summed E-state index contributed by atoms with van der Waals surface area (Å²) in [7, 11) is 0. The molecule has 0 spiro atoms. The van der Waals surface area contributed by atoms with Gasteiger partial charge >= 0.3 is 0 Å². The Balaban J connectivity index is 0.000000686. The molecular weight excluding hydrogens is 232 g/mol. The van der Waals surface area contributed by atoms with Gasteiger partial charge in [-0.05, 0) is 12.1 Å². The highest BCUT2D eigenvalue weighted by Gasteiger charge is 2.02. The zero-order valence-corrected chi connectivity index (χ0v) is 10.7. The van der Waals surface area contributed by atoms with Crippen LogP contribution in [-0.2, 0) is 0 Å². The standard InChI is InChI=1S/C11H8N2OS.C2H6/c1-2-7-15-11-12-9-6-4-3-5-8(9)10(14)13-11;1-2/h1,3-6H,7H2,(H,12,13,14);1-2H3. The van der Waals surface area contributed by atoms with Crippen LogP contribution in [0.5, 0.6) is 0 Å². The normalized spacial score (nSPS) is 9.24. The number of hydrogen-bond donors (Lipinski definition) is 1. The van der Waals surface area contributed by atoms with Gasteiger partial charge in [0.1, 0.15) is 0 Å². The van der Waals surface area contributed by atoms with Crippen molar-refractivity contribution in [2.75, 3.05) is 5.75 Å². The lowest BCUT2D eigenvalue weighted by atomic mass is 10.2. The predicted octanol–water partition coefficient (Wildman–Crippen LogP) is 2.67. The van der Waals surface area contributed by atoms with Gasteiger partial charge < -0.3 is 4.98 Å². The van der Waals surface area contributed by atoms with Gasteiger partial charge in [0.15, 0.2) is 5.16 Å². The number of benzene rings is 1. The lowest BCUT2D eigenvalue weighted by molar-refractivity contribution is 0.976. The molecule has 0 saturated carbocycles. The number of H-pyrrole nitrogens is 1. The van der Waals surface area contributed by atoms with Gasteiger partial charge in [-0.15, -0.1) is 6.42 Å². The van der Waals surface area contributed by atoms with Crippen molar-refractivity contribution in [3.63, 3.8) is 0 Å². The molecule has 0 aliphatic carbocycles. The van der Waals surface area contributed by atoms with E-state index < -0.39 is 0 Å². The molecule has 0 atom stereocenters. The average Bonchev–Trinajstić information content (AvgIpc) is 2.39. The van der Waals surface area contributed by atoms with Crippen LogP contribution >= 0.6 is 11.8 Å². The van der Waals surface area contributed by atoms with E-state index in [1.807, 2.05) is 32.0 Å². The third kappa shape index (κ3) is 3.36. The SMILES string of the molecule is C#CCSc1nc2ccccc2c(=O)[nH]1.CC. The Labute approximate surface area is 105 Å². The third-order valence-corrected chi connectivity index (χ3v) is 2.66. The molecule has 1 aromatic heterocycles. The smallest absolute Gasteiger partial charge is 0.259 e. The van der Waals surface area contributed by atoms with E-state index in [1.165, 1.54) is 11.8 Å². The van der Waals surface area contributed by atoms with E-state index in [-0.39, 0.29) is 5.56 Å². The first-order valence-electron chi connectivity index (χ1n) is 5.36. The maximum atomic E-state index is 11.6. The second-order valence-corrected chi connectivity index (χ2v) is 3.85. The third-order valence-electron chi connectivity index (χ3n) is 1.88. The van der Waals surface area contributed by atoms with Crippen molar-refractivity contribution in [1.82, 2.24) is 9.97 Å². The van der Waals surface area contributed by atoms with Crippen molar-refractivity contribution < 1.29 is 0 Å². The fourth-order valence-electron chi connectivity index (χ4n) is 1.24. The highest BCUT2D eigenvalue weighted by molar-refractivity contribution is 7.99.